The van der Waals surface area contributed by atoms with Gasteiger partial charge in [0.25, 0.3) is 0 Å². The summed E-state index contributed by atoms with van der Waals surface area (Å²) in [6.07, 6.45) is 1.76. The van der Waals surface area contributed by atoms with E-state index < -0.39 is 5.97 Å². The van der Waals surface area contributed by atoms with E-state index in [1.807, 2.05) is 0 Å². The third-order valence-corrected chi connectivity index (χ3v) is 5.16. The van der Waals surface area contributed by atoms with E-state index in [0.29, 0.717) is 16.9 Å². The van der Waals surface area contributed by atoms with Crippen molar-refractivity contribution in [2.45, 2.75) is 0 Å². The molecule has 2 aromatic carbocycles. The van der Waals surface area contributed by atoms with Crippen molar-refractivity contribution in [3.8, 4) is 22.8 Å². The highest BCUT2D eigenvalue weighted by molar-refractivity contribution is 5.98. The number of anilines is 1. The topological polar surface area (TPSA) is 107 Å². The number of imidazole rings is 1. The molecule has 0 atom stereocenters. The lowest BCUT2D eigenvalue weighted by atomic mass is 10.1. The number of aromatic nitrogens is 4. The second-order valence-electron chi connectivity index (χ2n) is 6.93. The van der Waals surface area contributed by atoms with Gasteiger partial charge in [0.1, 0.15) is 5.69 Å². The molecule has 4 aromatic rings. The van der Waals surface area contributed by atoms with Gasteiger partial charge in [0, 0.05) is 24.2 Å². The van der Waals surface area contributed by atoms with Crippen LogP contribution in [0.15, 0.2) is 48.7 Å². The number of hydrogen-bond donors (Lipinski definition) is 3. The summed E-state index contributed by atoms with van der Waals surface area (Å²) in [5.74, 6) is -0.384. The molecule has 1 aliphatic heterocycles. The molecule has 0 aliphatic carbocycles. The van der Waals surface area contributed by atoms with Crippen molar-refractivity contribution in [3.63, 3.8) is 0 Å². The van der Waals surface area contributed by atoms with Gasteiger partial charge in [-0.05, 0) is 35.9 Å². The first kappa shape index (κ1) is 17.4. The zero-order chi connectivity index (χ0) is 19.8. The lowest BCUT2D eigenvalue weighted by molar-refractivity contribution is 0.0697. The van der Waals surface area contributed by atoms with E-state index in [-0.39, 0.29) is 5.56 Å². The highest BCUT2D eigenvalue weighted by Crippen LogP contribution is 2.28. The maximum atomic E-state index is 11.3. The van der Waals surface area contributed by atoms with Gasteiger partial charge in [-0.1, -0.05) is 12.1 Å². The molecule has 146 valence electrons. The van der Waals surface area contributed by atoms with Crippen LogP contribution in [0.4, 0.5) is 5.69 Å². The fourth-order valence-corrected chi connectivity index (χ4v) is 3.59. The second-order valence-corrected chi connectivity index (χ2v) is 6.93. The summed E-state index contributed by atoms with van der Waals surface area (Å²) in [6.45, 7) is 3.32. The Labute approximate surface area is 166 Å². The van der Waals surface area contributed by atoms with Crippen molar-refractivity contribution in [2.24, 2.45) is 0 Å². The van der Waals surface area contributed by atoms with Crippen LogP contribution in [-0.4, -0.2) is 57.5 Å². The van der Waals surface area contributed by atoms with Gasteiger partial charge in [-0.25, -0.2) is 9.78 Å². The molecular weight excluding hydrogens is 370 g/mol. The SMILES string of the molecule is O=C(O)c1ccc2[nH]nc(-c3ncc(-c4ccc(N5CCOCC5)cc4)[nH]3)c2c1. The smallest absolute Gasteiger partial charge is 0.335 e. The zero-order valence-electron chi connectivity index (χ0n) is 15.6. The van der Waals surface area contributed by atoms with Gasteiger partial charge in [-0.2, -0.15) is 5.10 Å². The first-order valence-corrected chi connectivity index (χ1v) is 9.39. The predicted octanol–water partition coefficient (Wildman–Crippen LogP) is 3.15. The number of carboxylic acids is 1. The number of carboxylic acid groups (broad SMARTS) is 1. The van der Waals surface area contributed by atoms with Gasteiger partial charge < -0.3 is 19.7 Å². The number of ether oxygens (including phenoxy) is 1. The number of aromatic carboxylic acids is 1. The number of nitrogens with one attached hydrogen (secondary N) is 2. The Morgan fingerprint density at radius 1 is 1.10 bits per heavy atom. The summed E-state index contributed by atoms with van der Waals surface area (Å²) in [5, 5.41) is 17.2. The van der Waals surface area contributed by atoms with E-state index >= 15 is 0 Å². The van der Waals surface area contributed by atoms with Crippen LogP contribution in [0.25, 0.3) is 33.7 Å². The fourth-order valence-electron chi connectivity index (χ4n) is 3.59. The van der Waals surface area contributed by atoms with Crippen LogP contribution >= 0.6 is 0 Å². The average Bonchev–Trinajstić information content (AvgIpc) is 3.41. The predicted molar refractivity (Wildman–Crippen MR) is 109 cm³/mol. The van der Waals surface area contributed by atoms with Crippen LogP contribution in [0.2, 0.25) is 0 Å². The highest BCUT2D eigenvalue weighted by atomic mass is 16.5. The Kier molecular flexibility index (Phi) is 4.25. The third-order valence-electron chi connectivity index (χ3n) is 5.16. The highest BCUT2D eigenvalue weighted by Gasteiger charge is 2.15. The van der Waals surface area contributed by atoms with Gasteiger partial charge in [0.15, 0.2) is 5.82 Å². The monoisotopic (exact) mass is 389 g/mol. The van der Waals surface area contributed by atoms with Crippen molar-refractivity contribution in [2.75, 3.05) is 31.2 Å². The lowest BCUT2D eigenvalue weighted by Gasteiger charge is -2.28. The van der Waals surface area contributed by atoms with Crippen molar-refractivity contribution in [3.05, 3.63) is 54.2 Å². The number of aromatic amines is 2. The van der Waals surface area contributed by atoms with Gasteiger partial charge in [-0.3, -0.25) is 5.10 Å². The standard InChI is InChI=1S/C21H19N5O3/c27-21(28)14-3-6-17-16(11-14)19(25-24-17)20-22-12-18(23-20)13-1-4-15(5-2-13)26-7-9-29-10-8-26/h1-6,11-12H,7-10H2,(H,22,23)(H,24,25)(H,27,28). The third kappa shape index (κ3) is 3.23. The summed E-state index contributed by atoms with van der Waals surface area (Å²) < 4.78 is 5.41. The van der Waals surface area contributed by atoms with E-state index in [2.05, 4.69) is 49.3 Å². The Morgan fingerprint density at radius 2 is 1.90 bits per heavy atom. The molecule has 0 spiro atoms. The number of fused-ring (bicyclic) bond motifs is 1. The Balaban J connectivity index is 1.44. The average molecular weight is 389 g/mol. The molecule has 1 fully saturated rings. The van der Waals surface area contributed by atoms with Crippen LogP contribution in [0.3, 0.4) is 0 Å². The van der Waals surface area contributed by atoms with Crippen molar-refractivity contribution >= 4 is 22.6 Å². The molecule has 1 aliphatic rings. The van der Waals surface area contributed by atoms with E-state index in [1.165, 1.54) is 5.69 Å². The molecule has 2 aromatic heterocycles. The van der Waals surface area contributed by atoms with Gasteiger partial charge in [0.2, 0.25) is 0 Å². The minimum Gasteiger partial charge on any atom is -0.478 e. The van der Waals surface area contributed by atoms with E-state index in [1.54, 1.807) is 24.4 Å². The molecule has 0 saturated carbocycles. The second kappa shape index (κ2) is 7.06. The zero-order valence-corrected chi connectivity index (χ0v) is 15.6. The maximum Gasteiger partial charge on any atom is 0.335 e. The number of morpholine rings is 1. The molecule has 0 unspecified atom stereocenters. The lowest BCUT2D eigenvalue weighted by Crippen LogP contribution is -2.36. The number of rotatable bonds is 4. The van der Waals surface area contributed by atoms with Crippen LogP contribution in [0, 0.1) is 0 Å². The number of hydrogen-bond acceptors (Lipinski definition) is 5. The first-order chi connectivity index (χ1) is 14.2. The van der Waals surface area contributed by atoms with Crippen LogP contribution in [-0.2, 0) is 4.74 Å². The molecule has 5 rings (SSSR count). The largest absolute Gasteiger partial charge is 0.478 e. The quantitative estimate of drug-likeness (QED) is 0.495. The summed E-state index contributed by atoms with van der Waals surface area (Å²) in [6, 6.07) is 13.2. The molecule has 0 radical (unpaired) electrons. The summed E-state index contributed by atoms with van der Waals surface area (Å²) in [5.41, 5.74) is 4.64. The summed E-state index contributed by atoms with van der Waals surface area (Å²) in [7, 11) is 0. The van der Waals surface area contributed by atoms with Crippen molar-refractivity contribution in [1.82, 2.24) is 20.2 Å². The number of carbonyl (C=O) groups is 1. The molecular formula is C21H19N5O3. The normalized spacial score (nSPS) is 14.4. The molecule has 3 heterocycles. The van der Waals surface area contributed by atoms with Crippen molar-refractivity contribution < 1.29 is 14.6 Å². The Hall–Kier alpha value is -3.65. The molecule has 0 amide bonds. The Bertz CT molecular complexity index is 1170. The van der Waals surface area contributed by atoms with Crippen LogP contribution in [0.1, 0.15) is 10.4 Å². The van der Waals surface area contributed by atoms with Gasteiger partial charge in [0.05, 0.1) is 36.2 Å². The first-order valence-electron chi connectivity index (χ1n) is 9.39. The minimum absolute atomic E-state index is 0.214. The Morgan fingerprint density at radius 3 is 2.66 bits per heavy atom. The molecule has 8 heteroatoms. The van der Waals surface area contributed by atoms with E-state index in [9.17, 15) is 9.90 Å². The number of benzene rings is 2. The molecule has 8 nitrogen and oxygen atoms in total. The van der Waals surface area contributed by atoms with E-state index in [0.717, 1.165) is 43.1 Å². The molecule has 0 bridgehead atoms. The van der Waals surface area contributed by atoms with Gasteiger partial charge >= 0.3 is 5.97 Å². The molecule has 1 saturated heterocycles. The molecule has 29 heavy (non-hydrogen) atoms. The van der Waals surface area contributed by atoms with Gasteiger partial charge in [-0.15, -0.1) is 0 Å². The maximum absolute atomic E-state index is 11.3. The van der Waals surface area contributed by atoms with E-state index in [4.69, 9.17) is 4.74 Å². The number of H-pyrrole nitrogens is 2. The van der Waals surface area contributed by atoms with Crippen LogP contribution in [0.5, 0.6) is 0 Å². The van der Waals surface area contributed by atoms with Crippen molar-refractivity contribution in [1.29, 1.82) is 0 Å². The number of nitrogens with zero attached hydrogens (tertiary/aromatic N) is 3. The molecule has 3 N–H and O–H groups in total. The summed E-state index contributed by atoms with van der Waals surface area (Å²) >= 11 is 0. The summed E-state index contributed by atoms with van der Waals surface area (Å²) in [4.78, 5) is 21.3. The van der Waals surface area contributed by atoms with Crippen LogP contribution < -0.4 is 4.90 Å². The minimum atomic E-state index is -0.973. The fraction of sp³-hybridized carbons (Fsp3) is 0.190.